The van der Waals surface area contributed by atoms with Gasteiger partial charge in [0, 0.05) is 23.7 Å². The van der Waals surface area contributed by atoms with E-state index in [1.807, 2.05) is 50.2 Å². The van der Waals surface area contributed by atoms with Crippen LogP contribution in [0.2, 0.25) is 0 Å². The van der Waals surface area contributed by atoms with Crippen molar-refractivity contribution in [2.24, 2.45) is 0 Å². The van der Waals surface area contributed by atoms with Crippen LogP contribution in [0.15, 0.2) is 58.2 Å². The van der Waals surface area contributed by atoms with E-state index in [4.69, 9.17) is 0 Å². The first-order valence-electron chi connectivity index (χ1n) is 10.6. The number of H-pyrrole nitrogens is 1. The van der Waals surface area contributed by atoms with Gasteiger partial charge in [-0.1, -0.05) is 48.6 Å². The van der Waals surface area contributed by atoms with Crippen molar-refractivity contribution in [3.8, 4) is 0 Å². The third-order valence-electron chi connectivity index (χ3n) is 6.01. The summed E-state index contributed by atoms with van der Waals surface area (Å²) in [5.74, 6) is 0. The summed E-state index contributed by atoms with van der Waals surface area (Å²) in [6, 6.07) is 14.6. The highest BCUT2D eigenvalue weighted by molar-refractivity contribution is 7.89. The fourth-order valence-corrected chi connectivity index (χ4v) is 5.94. The molecule has 5 nitrogen and oxygen atoms in total. The van der Waals surface area contributed by atoms with Crippen molar-refractivity contribution in [3.05, 3.63) is 75.6 Å². The molecule has 1 N–H and O–H groups in total. The highest BCUT2D eigenvalue weighted by atomic mass is 32.2. The van der Waals surface area contributed by atoms with E-state index < -0.39 is 10.0 Å². The summed E-state index contributed by atoms with van der Waals surface area (Å²) in [5, 5.41) is 0.918. The Bertz CT molecular complexity index is 1210. The maximum atomic E-state index is 13.6. The number of fused-ring (bicyclic) bond motifs is 1. The minimum absolute atomic E-state index is 0.0834. The Hall–Kier alpha value is -2.44. The second-order valence-corrected chi connectivity index (χ2v) is 10.3. The summed E-state index contributed by atoms with van der Waals surface area (Å²) >= 11 is 0. The van der Waals surface area contributed by atoms with Crippen LogP contribution in [-0.2, 0) is 16.6 Å². The average molecular weight is 425 g/mol. The predicted octanol–water partition coefficient (Wildman–Crippen LogP) is 4.67. The van der Waals surface area contributed by atoms with E-state index in [0.717, 1.165) is 54.1 Å². The van der Waals surface area contributed by atoms with Gasteiger partial charge in [0.2, 0.25) is 10.0 Å². The molecule has 1 saturated carbocycles. The molecule has 1 fully saturated rings. The summed E-state index contributed by atoms with van der Waals surface area (Å²) in [7, 11) is -3.71. The number of pyridine rings is 1. The van der Waals surface area contributed by atoms with Gasteiger partial charge in [-0.3, -0.25) is 4.79 Å². The third kappa shape index (κ3) is 4.20. The molecule has 3 aromatic rings. The number of hydrogen-bond acceptors (Lipinski definition) is 3. The fourth-order valence-electron chi connectivity index (χ4n) is 4.28. The molecule has 0 unspecified atom stereocenters. The molecular weight excluding hydrogens is 396 g/mol. The molecule has 0 saturated heterocycles. The number of nitrogens with one attached hydrogen (secondary N) is 1. The Morgan fingerprint density at radius 2 is 1.60 bits per heavy atom. The molecule has 0 aliphatic heterocycles. The third-order valence-corrected chi connectivity index (χ3v) is 7.92. The lowest BCUT2D eigenvalue weighted by molar-refractivity contribution is 0.247. The Balaban J connectivity index is 1.77. The Morgan fingerprint density at radius 3 is 2.30 bits per heavy atom. The summed E-state index contributed by atoms with van der Waals surface area (Å²) in [6.07, 6.45) is 4.81. The van der Waals surface area contributed by atoms with Crippen molar-refractivity contribution in [2.45, 2.75) is 63.4 Å². The van der Waals surface area contributed by atoms with Crippen LogP contribution in [0.1, 0.15) is 48.8 Å². The van der Waals surface area contributed by atoms with Gasteiger partial charge in [-0.05, 0) is 62.4 Å². The Kier molecular flexibility index (Phi) is 5.80. The van der Waals surface area contributed by atoms with Crippen molar-refractivity contribution in [1.82, 2.24) is 9.29 Å². The number of sulfonamides is 1. The molecule has 4 rings (SSSR count). The van der Waals surface area contributed by atoms with Crippen LogP contribution in [0.4, 0.5) is 0 Å². The molecular formula is C24H28N2O3S. The molecule has 1 aliphatic carbocycles. The number of hydrogen-bond donors (Lipinski definition) is 1. The molecule has 30 heavy (non-hydrogen) atoms. The van der Waals surface area contributed by atoms with E-state index in [-0.39, 0.29) is 23.0 Å². The van der Waals surface area contributed by atoms with E-state index >= 15 is 0 Å². The summed E-state index contributed by atoms with van der Waals surface area (Å²) < 4.78 is 28.7. The maximum Gasteiger partial charge on any atom is 0.252 e. The van der Waals surface area contributed by atoms with Crippen LogP contribution in [0.3, 0.4) is 0 Å². The standard InChI is InChI=1S/C24H28N2O3S/c1-17-8-11-22(12-9-17)30(28,29)26(21-6-4-3-5-7-21)16-20-15-19-14-18(2)10-13-23(19)25-24(20)27/h8-15,21H,3-7,16H2,1-2H3,(H,25,27). The summed E-state index contributed by atoms with van der Waals surface area (Å²) in [6.45, 7) is 4.02. The zero-order chi connectivity index (χ0) is 21.3. The van der Waals surface area contributed by atoms with Gasteiger partial charge in [0.1, 0.15) is 0 Å². The molecule has 2 aromatic carbocycles. The van der Waals surface area contributed by atoms with Crippen molar-refractivity contribution < 1.29 is 8.42 Å². The van der Waals surface area contributed by atoms with E-state index in [1.54, 1.807) is 16.4 Å². The van der Waals surface area contributed by atoms with E-state index in [2.05, 4.69) is 4.98 Å². The van der Waals surface area contributed by atoms with E-state index in [9.17, 15) is 13.2 Å². The zero-order valence-electron chi connectivity index (χ0n) is 17.5. The monoisotopic (exact) mass is 424 g/mol. The van der Waals surface area contributed by atoms with Crippen LogP contribution >= 0.6 is 0 Å². The Morgan fingerprint density at radius 1 is 0.933 bits per heavy atom. The number of aryl methyl sites for hydroxylation is 2. The number of aromatic amines is 1. The maximum absolute atomic E-state index is 13.6. The SMILES string of the molecule is Cc1ccc(S(=O)(=O)N(Cc2cc3cc(C)ccc3[nH]c2=O)C2CCCCC2)cc1. The fraction of sp³-hybridized carbons (Fsp3) is 0.375. The topological polar surface area (TPSA) is 70.2 Å². The molecule has 0 atom stereocenters. The molecule has 1 heterocycles. The molecule has 0 bridgehead atoms. The second-order valence-electron chi connectivity index (χ2n) is 8.37. The average Bonchev–Trinajstić information content (AvgIpc) is 2.73. The molecule has 6 heteroatoms. The largest absolute Gasteiger partial charge is 0.322 e. The van der Waals surface area contributed by atoms with Gasteiger partial charge in [-0.2, -0.15) is 4.31 Å². The minimum atomic E-state index is -3.71. The molecule has 0 amide bonds. The smallest absolute Gasteiger partial charge is 0.252 e. The van der Waals surface area contributed by atoms with Gasteiger partial charge >= 0.3 is 0 Å². The second kappa shape index (κ2) is 8.36. The van der Waals surface area contributed by atoms with Crippen molar-refractivity contribution in [3.63, 3.8) is 0 Å². The van der Waals surface area contributed by atoms with Gasteiger partial charge in [-0.25, -0.2) is 8.42 Å². The summed E-state index contributed by atoms with van der Waals surface area (Å²) in [4.78, 5) is 16.0. The van der Waals surface area contributed by atoms with Crippen LogP contribution in [0.25, 0.3) is 10.9 Å². The van der Waals surface area contributed by atoms with Gasteiger partial charge in [0.15, 0.2) is 0 Å². The first kappa shape index (κ1) is 20.8. The van der Waals surface area contributed by atoms with Crippen molar-refractivity contribution in [2.75, 3.05) is 0 Å². The van der Waals surface area contributed by atoms with Crippen molar-refractivity contribution >= 4 is 20.9 Å². The predicted molar refractivity (Wildman–Crippen MR) is 120 cm³/mol. The van der Waals surface area contributed by atoms with Gasteiger partial charge in [-0.15, -0.1) is 0 Å². The number of nitrogens with zero attached hydrogens (tertiary/aromatic N) is 1. The number of aromatic nitrogens is 1. The first-order chi connectivity index (χ1) is 14.3. The molecule has 158 valence electrons. The van der Waals surface area contributed by atoms with Crippen LogP contribution in [-0.4, -0.2) is 23.7 Å². The van der Waals surface area contributed by atoms with Gasteiger partial charge < -0.3 is 4.98 Å². The lowest BCUT2D eigenvalue weighted by Gasteiger charge is -2.33. The quantitative estimate of drug-likeness (QED) is 0.647. The first-order valence-corrected chi connectivity index (χ1v) is 12.0. The number of rotatable bonds is 5. The van der Waals surface area contributed by atoms with Crippen LogP contribution in [0, 0.1) is 13.8 Å². The Labute approximate surface area is 177 Å². The van der Waals surface area contributed by atoms with Gasteiger partial charge in [0.25, 0.3) is 5.56 Å². The molecule has 0 spiro atoms. The van der Waals surface area contributed by atoms with Gasteiger partial charge in [0.05, 0.1) is 4.90 Å². The minimum Gasteiger partial charge on any atom is -0.322 e. The highest BCUT2D eigenvalue weighted by Crippen LogP contribution is 2.29. The summed E-state index contributed by atoms with van der Waals surface area (Å²) in [5.41, 5.74) is 3.12. The molecule has 1 aliphatic rings. The van der Waals surface area contributed by atoms with Crippen LogP contribution in [0.5, 0.6) is 0 Å². The molecule has 1 aromatic heterocycles. The lowest BCUT2D eigenvalue weighted by Crippen LogP contribution is -2.42. The lowest BCUT2D eigenvalue weighted by atomic mass is 9.95. The number of benzene rings is 2. The highest BCUT2D eigenvalue weighted by Gasteiger charge is 2.33. The van der Waals surface area contributed by atoms with E-state index in [1.165, 1.54) is 0 Å². The normalized spacial score (nSPS) is 15.7. The molecule has 0 radical (unpaired) electrons. The van der Waals surface area contributed by atoms with Crippen LogP contribution < -0.4 is 5.56 Å². The van der Waals surface area contributed by atoms with Crippen molar-refractivity contribution in [1.29, 1.82) is 0 Å². The van der Waals surface area contributed by atoms with E-state index in [0.29, 0.717) is 5.56 Å². The zero-order valence-corrected chi connectivity index (χ0v) is 18.3.